The number of nitrogens with zero attached hydrogens (tertiary/aromatic N) is 5. The highest BCUT2D eigenvalue weighted by molar-refractivity contribution is 5.84. The zero-order chi connectivity index (χ0) is 24.4. The number of aliphatic hydroxyl groups is 1. The molecule has 0 bridgehead atoms. The standard InChI is InChI=1S/C23H24F2N6O2/c1-14(2)20-27-12-18(13-28-20)23(7-8-32,15(3)30-21(33)22(4,24)25)31-19-6-5-16(10-26)9-17(19)11-29-31/h5-9,11-15,32H,1-4H3,(H,30,33)/b8-7-/t15-,23+/m0/s1. The molecular formula is C23H24F2N6O2. The van der Waals surface area contributed by atoms with Gasteiger partial charge in [0, 0.05) is 36.2 Å². The molecule has 8 nitrogen and oxygen atoms in total. The van der Waals surface area contributed by atoms with Gasteiger partial charge in [-0.15, -0.1) is 0 Å². The van der Waals surface area contributed by atoms with Gasteiger partial charge in [0.1, 0.15) is 11.4 Å². The predicted octanol–water partition coefficient (Wildman–Crippen LogP) is 3.80. The number of amides is 1. The first-order valence-electron chi connectivity index (χ1n) is 10.3. The van der Waals surface area contributed by atoms with Gasteiger partial charge < -0.3 is 10.4 Å². The predicted molar refractivity (Wildman–Crippen MR) is 118 cm³/mol. The van der Waals surface area contributed by atoms with Crippen molar-refractivity contribution < 1.29 is 18.7 Å². The minimum atomic E-state index is -3.62. The maximum absolute atomic E-state index is 13.7. The summed E-state index contributed by atoms with van der Waals surface area (Å²) in [7, 11) is 0. The zero-order valence-corrected chi connectivity index (χ0v) is 18.6. The van der Waals surface area contributed by atoms with E-state index in [0.717, 1.165) is 6.26 Å². The van der Waals surface area contributed by atoms with E-state index in [2.05, 4.69) is 26.5 Å². The van der Waals surface area contributed by atoms with Crippen LogP contribution in [0.1, 0.15) is 50.6 Å². The molecule has 0 saturated heterocycles. The van der Waals surface area contributed by atoms with E-state index in [1.807, 2.05) is 13.8 Å². The second-order valence-corrected chi connectivity index (χ2v) is 8.15. The topological polar surface area (TPSA) is 117 Å². The minimum absolute atomic E-state index is 0.0488. The van der Waals surface area contributed by atoms with Gasteiger partial charge in [-0.2, -0.15) is 19.1 Å². The summed E-state index contributed by atoms with van der Waals surface area (Å²) in [4.78, 5) is 20.9. The number of rotatable bonds is 7. The molecule has 0 aliphatic rings. The summed E-state index contributed by atoms with van der Waals surface area (Å²) in [5.74, 6) is -4.47. The van der Waals surface area contributed by atoms with Crippen molar-refractivity contribution >= 4 is 16.8 Å². The molecule has 2 aromatic heterocycles. The maximum Gasteiger partial charge on any atom is 0.321 e. The summed E-state index contributed by atoms with van der Waals surface area (Å²) in [6.45, 7) is 5.88. The number of aliphatic hydroxyl groups excluding tert-OH is 1. The molecule has 2 heterocycles. The van der Waals surface area contributed by atoms with Crippen molar-refractivity contribution in [3.8, 4) is 6.07 Å². The Morgan fingerprint density at radius 2 is 1.91 bits per heavy atom. The molecule has 0 unspecified atom stereocenters. The number of halogens is 2. The molecule has 33 heavy (non-hydrogen) atoms. The van der Waals surface area contributed by atoms with Crippen molar-refractivity contribution in [1.29, 1.82) is 5.26 Å². The number of carbonyl (C=O) groups excluding carboxylic acids is 1. The number of nitrogens with one attached hydrogen (secondary N) is 1. The van der Waals surface area contributed by atoms with E-state index in [1.54, 1.807) is 18.2 Å². The van der Waals surface area contributed by atoms with E-state index in [0.29, 0.717) is 34.8 Å². The summed E-state index contributed by atoms with van der Waals surface area (Å²) < 4.78 is 28.9. The molecule has 0 aliphatic carbocycles. The molecule has 3 aromatic rings. The van der Waals surface area contributed by atoms with E-state index in [-0.39, 0.29) is 5.92 Å². The van der Waals surface area contributed by atoms with Crippen LogP contribution >= 0.6 is 0 Å². The second-order valence-electron chi connectivity index (χ2n) is 8.15. The molecule has 0 saturated carbocycles. The van der Waals surface area contributed by atoms with E-state index in [9.17, 15) is 23.9 Å². The van der Waals surface area contributed by atoms with Gasteiger partial charge >= 0.3 is 5.92 Å². The maximum atomic E-state index is 13.7. The fourth-order valence-electron chi connectivity index (χ4n) is 3.65. The van der Waals surface area contributed by atoms with Gasteiger partial charge in [0.25, 0.3) is 5.91 Å². The molecule has 3 rings (SSSR count). The molecule has 0 spiro atoms. The third kappa shape index (κ3) is 4.39. The van der Waals surface area contributed by atoms with Crippen molar-refractivity contribution in [2.45, 2.75) is 51.1 Å². The van der Waals surface area contributed by atoms with Crippen LogP contribution in [0.25, 0.3) is 10.9 Å². The Morgan fingerprint density at radius 1 is 1.24 bits per heavy atom. The van der Waals surface area contributed by atoms with Crippen LogP contribution in [0.5, 0.6) is 0 Å². The average Bonchev–Trinajstić information content (AvgIpc) is 3.20. The Hall–Kier alpha value is -3.87. The molecule has 2 N–H and O–H groups in total. The van der Waals surface area contributed by atoms with Crippen LogP contribution in [0.2, 0.25) is 0 Å². The highest BCUT2D eigenvalue weighted by atomic mass is 19.3. The number of hydrogen-bond donors (Lipinski definition) is 2. The highest BCUT2D eigenvalue weighted by Gasteiger charge is 2.44. The van der Waals surface area contributed by atoms with E-state index < -0.39 is 23.4 Å². The van der Waals surface area contributed by atoms with Gasteiger partial charge in [0.05, 0.1) is 35.7 Å². The first kappa shape index (κ1) is 23.8. The normalized spacial score (nSPS) is 14.8. The lowest BCUT2D eigenvalue weighted by Crippen LogP contribution is -2.55. The number of fused-ring (bicyclic) bond motifs is 1. The van der Waals surface area contributed by atoms with Crippen molar-refractivity contribution in [2.75, 3.05) is 0 Å². The van der Waals surface area contributed by atoms with Crippen molar-refractivity contribution in [3.05, 3.63) is 66.1 Å². The van der Waals surface area contributed by atoms with Crippen LogP contribution in [0.15, 0.2) is 49.1 Å². The fourth-order valence-corrected chi connectivity index (χ4v) is 3.65. The largest absolute Gasteiger partial charge is 0.516 e. The Labute approximate surface area is 189 Å². The summed E-state index contributed by atoms with van der Waals surface area (Å²) >= 11 is 0. The monoisotopic (exact) mass is 454 g/mol. The SMILES string of the molecule is CC(C)c1ncc([C@@](/C=C\O)([C@H](C)NC(=O)C(C)(F)F)n2ncc3cc(C#N)ccc32)cn1. The van der Waals surface area contributed by atoms with Crippen molar-refractivity contribution in [2.24, 2.45) is 0 Å². The van der Waals surface area contributed by atoms with Crippen molar-refractivity contribution in [1.82, 2.24) is 25.1 Å². The number of nitriles is 1. The number of alkyl halides is 2. The smallest absolute Gasteiger partial charge is 0.321 e. The fraction of sp³-hybridized carbons (Fsp3) is 0.348. The third-order valence-corrected chi connectivity index (χ3v) is 5.43. The van der Waals surface area contributed by atoms with Crippen LogP contribution < -0.4 is 5.32 Å². The van der Waals surface area contributed by atoms with E-state index in [4.69, 9.17) is 0 Å². The molecule has 10 heteroatoms. The molecular weight excluding hydrogens is 430 g/mol. The van der Waals surface area contributed by atoms with Gasteiger partial charge in [-0.25, -0.2) is 14.6 Å². The quantitative estimate of drug-likeness (QED) is 0.525. The third-order valence-electron chi connectivity index (χ3n) is 5.43. The van der Waals surface area contributed by atoms with Gasteiger partial charge in [-0.1, -0.05) is 13.8 Å². The lowest BCUT2D eigenvalue weighted by Gasteiger charge is -2.38. The van der Waals surface area contributed by atoms with Gasteiger partial charge in [0.2, 0.25) is 0 Å². The van der Waals surface area contributed by atoms with Crippen LogP contribution in [0.4, 0.5) is 8.78 Å². The molecule has 1 aromatic carbocycles. The minimum Gasteiger partial charge on any atom is -0.516 e. The van der Waals surface area contributed by atoms with Crippen molar-refractivity contribution in [3.63, 3.8) is 0 Å². The average molecular weight is 454 g/mol. The molecule has 0 aliphatic heterocycles. The Kier molecular flexibility index (Phi) is 6.44. The Bertz CT molecular complexity index is 1220. The van der Waals surface area contributed by atoms with Gasteiger partial charge in [0.15, 0.2) is 0 Å². The molecule has 1 amide bonds. The van der Waals surface area contributed by atoms with E-state index >= 15 is 0 Å². The zero-order valence-electron chi connectivity index (χ0n) is 18.6. The lowest BCUT2D eigenvalue weighted by molar-refractivity contribution is -0.144. The van der Waals surface area contributed by atoms with Gasteiger partial charge in [-0.05, 0) is 31.2 Å². The first-order valence-corrected chi connectivity index (χ1v) is 10.3. The Morgan fingerprint density at radius 3 is 2.45 bits per heavy atom. The molecule has 0 fully saturated rings. The molecule has 172 valence electrons. The number of carbonyl (C=O) groups is 1. The Balaban J connectivity index is 2.28. The number of hydrogen-bond acceptors (Lipinski definition) is 6. The molecule has 0 radical (unpaired) electrons. The first-order chi connectivity index (χ1) is 15.5. The van der Waals surface area contributed by atoms with Crippen LogP contribution in [0, 0.1) is 11.3 Å². The summed E-state index contributed by atoms with van der Waals surface area (Å²) in [6, 6.07) is 5.92. The van der Waals surface area contributed by atoms with E-state index in [1.165, 1.54) is 36.3 Å². The summed E-state index contributed by atoms with van der Waals surface area (Å²) in [5, 5.41) is 26.4. The number of aromatic nitrogens is 4. The van der Waals surface area contributed by atoms with Crippen LogP contribution in [0.3, 0.4) is 0 Å². The second kappa shape index (κ2) is 8.94. The number of benzene rings is 1. The highest BCUT2D eigenvalue weighted by Crippen LogP contribution is 2.35. The lowest BCUT2D eigenvalue weighted by atomic mass is 9.84. The summed E-state index contributed by atoms with van der Waals surface area (Å²) in [5.41, 5.74) is -0.105. The summed E-state index contributed by atoms with van der Waals surface area (Å²) in [6.07, 6.45) is 6.66. The van der Waals surface area contributed by atoms with Gasteiger partial charge in [-0.3, -0.25) is 4.79 Å². The molecule has 2 atom stereocenters. The van der Waals surface area contributed by atoms with Crippen LogP contribution in [-0.2, 0) is 10.3 Å². The van der Waals surface area contributed by atoms with Crippen LogP contribution in [-0.4, -0.2) is 42.7 Å².